The van der Waals surface area contributed by atoms with Crippen molar-refractivity contribution in [2.75, 3.05) is 21.3 Å². The van der Waals surface area contributed by atoms with Gasteiger partial charge in [0.1, 0.15) is 6.04 Å². The zero-order valence-corrected chi connectivity index (χ0v) is 15.5. The van der Waals surface area contributed by atoms with Crippen molar-refractivity contribution in [3.05, 3.63) is 59.7 Å². The lowest BCUT2D eigenvalue weighted by Gasteiger charge is -2.28. The van der Waals surface area contributed by atoms with Gasteiger partial charge in [-0.2, -0.15) is 0 Å². The number of nitrogens with zero attached hydrogens (tertiary/aromatic N) is 1. The fourth-order valence-corrected chi connectivity index (χ4v) is 2.76. The van der Waals surface area contributed by atoms with Gasteiger partial charge in [-0.25, -0.2) is 9.59 Å². The smallest absolute Gasteiger partial charge is 0.410 e. The van der Waals surface area contributed by atoms with E-state index in [-0.39, 0.29) is 13.0 Å². The number of carbonyl (C=O) groups excluding carboxylic acids is 1. The highest BCUT2D eigenvalue weighted by molar-refractivity contribution is 5.80. The third kappa shape index (κ3) is 5.13. The Morgan fingerprint density at radius 2 is 1.63 bits per heavy atom. The van der Waals surface area contributed by atoms with Gasteiger partial charge in [-0.3, -0.25) is 4.90 Å². The molecule has 0 heterocycles. The van der Waals surface area contributed by atoms with Crippen molar-refractivity contribution in [2.45, 2.75) is 19.0 Å². The quantitative estimate of drug-likeness (QED) is 0.766. The highest BCUT2D eigenvalue weighted by Gasteiger charge is 2.31. The van der Waals surface area contributed by atoms with Gasteiger partial charge in [0.15, 0.2) is 11.5 Å². The van der Waals surface area contributed by atoms with E-state index in [9.17, 15) is 14.7 Å². The lowest BCUT2D eigenvalue weighted by Crippen LogP contribution is -2.45. The van der Waals surface area contributed by atoms with Gasteiger partial charge in [-0.15, -0.1) is 0 Å². The summed E-state index contributed by atoms with van der Waals surface area (Å²) >= 11 is 0. The predicted molar refractivity (Wildman–Crippen MR) is 99.1 cm³/mol. The summed E-state index contributed by atoms with van der Waals surface area (Å²) in [5, 5.41) is 9.72. The number of carboxylic acid groups (broad SMARTS) is 1. The van der Waals surface area contributed by atoms with Crippen LogP contribution in [0.25, 0.3) is 0 Å². The van der Waals surface area contributed by atoms with Crippen LogP contribution in [0.5, 0.6) is 11.5 Å². The monoisotopic (exact) mass is 373 g/mol. The number of benzene rings is 2. The molecular formula is C20H23NO6. The zero-order valence-electron chi connectivity index (χ0n) is 15.5. The third-order valence-corrected chi connectivity index (χ3v) is 4.14. The maximum Gasteiger partial charge on any atom is 0.410 e. The summed E-state index contributed by atoms with van der Waals surface area (Å²) in [6.07, 6.45) is -0.549. The Labute approximate surface area is 158 Å². The molecule has 2 aromatic rings. The van der Waals surface area contributed by atoms with Crippen LogP contribution < -0.4 is 9.47 Å². The molecule has 27 heavy (non-hydrogen) atoms. The second kappa shape index (κ2) is 9.47. The van der Waals surface area contributed by atoms with E-state index in [0.29, 0.717) is 17.1 Å². The summed E-state index contributed by atoms with van der Waals surface area (Å²) in [5.41, 5.74) is 1.50. The molecule has 0 aromatic heterocycles. The first kappa shape index (κ1) is 20.1. The van der Waals surface area contributed by atoms with Crippen molar-refractivity contribution in [3.8, 4) is 11.5 Å². The number of hydrogen-bond donors (Lipinski definition) is 1. The number of ether oxygens (including phenoxy) is 3. The first-order chi connectivity index (χ1) is 13.0. The van der Waals surface area contributed by atoms with Gasteiger partial charge >= 0.3 is 12.1 Å². The van der Waals surface area contributed by atoms with Gasteiger partial charge < -0.3 is 19.3 Å². The average Bonchev–Trinajstić information content (AvgIpc) is 2.70. The minimum absolute atomic E-state index is 0.0524. The number of carboxylic acids is 1. The Morgan fingerprint density at radius 3 is 2.19 bits per heavy atom. The minimum Gasteiger partial charge on any atom is -0.493 e. The molecule has 1 amide bonds. The minimum atomic E-state index is -1.11. The summed E-state index contributed by atoms with van der Waals surface area (Å²) in [6.45, 7) is 0.0524. The molecule has 2 aromatic carbocycles. The van der Waals surface area contributed by atoms with E-state index >= 15 is 0 Å². The second-order valence-electron chi connectivity index (χ2n) is 5.83. The highest BCUT2D eigenvalue weighted by Crippen LogP contribution is 2.28. The summed E-state index contributed by atoms with van der Waals surface area (Å²) in [5.74, 6) is -0.0654. The molecule has 2 rings (SSSR count). The normalized spacial score (nSPS) is 11.4. The zero-order chi connectivity index (χ0) is 19.8. The molecule has 0 bridgehead atoms. The van der Waals surface area contributed by atoms with Crippen molar-refractivity contribution in [3.63, 3.8) is 0 Å². The van der Waals surface area contributed by atoms with Gasteiger partial charge in [-0.1, -0.05) is 36.4 Å². The van der Waals surface area contributed by atoms with Crippen LogP contribution in [-0.4, -0.2) is 49.4 Å². The molecule has 0 saturated heterocycles. The fraction of sp³-hybridized carbons (Fsp3) is 0.300. The largest absolute Gasteiger partial charge is 0.493 e. The Balaban J connectivity index is 2.32. The number of amides is 1. The van der Waals surface area contributed by atoms with Crippen molar-refractivity contribution >= 4 is 12.1 Å². The molecular weight excluding hydrogens is 350 g/mol. The predicted octanol–water partition coefficient (Wildman–Crippen LogP) is 2.97. The van der Waals surface area contributed by atoms with Crippen molar-refractivity contribution in [2.24, 2.45) is 0 Å². The van der Waals surface area contributed by atoms with E-state index in [1.807, 2.05) is 30.3 Å². The van der Waals surface area contributed by atoms with Crippen LogP contribution in [0.4, 0.5) is 4.79 Å². The van der Waals surface area contributed by atoms with Gasteiger partial charge in [0, 0.05) is 6.42 Å². The summed E-state index contributed by atoms with van der Waals surface area (Å²) in [6, 6.07) is 13.2. The van der Waals surface area contributed by atoms with Crippen LogP contribution in [0.1, 0.15) is 11.1 Å². The lowest BCUT2D eigenvalue weighted by atomic mass is 10.0. The summed E-state index contributed by atoms with van der Waals surface area (Å²) in [4.78, 5) is 25.4. The van der Waals surface area contributed by atoms with Crippen molar-refractivity contribution in [1.29, 1.82) is 0 Å². The molecule has 1 N–H and O–H groups in total. The Kier molecular flexibility index (Phi) is 7.05. The third-order valence-electron chi connectivity index (χ3n) is 4.14. The maximum absolute atomic E-state index is 12.3. The van der Waals surface area contributed by atoms with Crippen LogP contribution >= 0.6 is 0 Å². The van der Waals surface area contributed by atoms with E-state index in [1.54, 1.807) is 18.2 Å². The van der Waals surface area contributed by atoms with Crippen LogP contribution in [-0.2, 0) is 22.5 Å². The first-order valence-corrected chi connectivity index (χ1v) is 8.32. The molecule has 144 valence electrons. The van der Waals surface area contributed by atoms with E-state index in [1.165, 1.54) is 26.2 Å². The van der Waals surface area contributed by atoms with Crippen molar-refractivity contribution in [1.82, 2.24) is 4.90 Å². The molecule has 0 saturated carbocycles. The molecule has 0 aliphatic carbocycles. The molecule has 1 unspecified atom stereocenters. The van der Waals surface area contributed by atoms with Gasteiger partial charge in [0.25, 0.3) is 0 Å². The van der Waals surface area contributed by atoms with E-state index in [0.717, 1.165) is 5.56 Å². The van der Waals surface area contributed by atoms with Crippen LogP contribution in [0.3, 0.4) is 0 Å². The number of methoxy groups -OCH3 is 3. The second-order valence-corrected chi connectivity index (χ2v) is 5.83. The Bertz CT molecular complexity index is 777. The van der Waals surface area contributed by atoms with Crippen molar-refractivity contribution < 1.29 is 28.9 Å². The number of aliphatic carboxylic acids is 1. The van der Waals surface area contributed by atoms with Crippen LogP contribution in [0.15, 0.2) is 48.5 Å². The Hall–Kier alpha value is -3.22. The topological polar surface area (TPSA) is 85.3 Å². The molecule has 7 nitrogen and oxygen atoms in total. The van der Waals surface area contributed by atoms with Crippen LogP contribution in [0.2, 0.25) is 0 Å². The maximum atomic E-state index is 12.3. The summed E-state index contributed by atoms with van der Waals surface area (Å²) < 4.78 is 15.3. The van der Waals surface area contributed by atoms with Crippen LogP contribution in [0, 0.1) is 0 Å². The van der Waals surface area contributed by atoms with E-state index < -0.39 is 18.1 Å². The molecule has 1 atom stereocenters. The average molecular weight is 373 g/mol. The van der Waals surface area contributed by atoms with Gasteiger partial charge in [0.2, 0.25) is 0 Å². The molecule has 0 spiro atoms. The number of rotatable bonds is 8. The first-order valence-electron chi connectivity index (χ1n) is 8.32. The van der Waals surface area contributed by atoms with E-state index in [4.69, 9.17) is 14.2 Å². The molecule has 0 radical (unpaired) electrons. The highest BCUT2D eigenvalue weighted by atomic mass is 16.5. The molecule has 0 fully saturated rings. The lowest BCUT2D eigenvalue weighted by molar-refractivity contribution is -0.142. The molecule has 7 heteroatoms. The fourth-order valence-electron chi connectivity index (χ4n) is 2.76. The summed E-state index contributed by atoms with van der Waals surface area (Å²) in [7, 11) is 4.26. The number of carbonyl (C=O) groups is 2. The molecule has 0 aliphatic heterocycles. The van der Waals surface area contributed by atoms with Gasteiger partial charge in [-0.05, 0) is 23.3 Å². The molecule has 0 aliphatic rings. The van der Waals surface area contributed by atoms with E-state index in [2.05, 4.69) is 0 Å². The van der Waals surface area contributed by atoms with Gasteiger partial charge in [0.05, 0.1) is 27.9 Å². The SMILES string of the molecule is COC(=O)N(Cc1ccc(OC)c(OC)c1)C(Cc1ccccc1)C(=O)O. The standard InChI is InChI=1S/C20H23NO6/c1-25-17-10-9-15(12-18(17)26-2)13-21(20(24)27-3)16(19(22)23)11-14-7-5-4-6-8-14/h4-10,12,16H,11,13H2,1-3H3,(H,22,23). The number of hydrogen-bond acceptors (Lipinski definition) is 5. The Morgan fingerprint density at radius 1 is 0.963 bits per heavy atom.